The first-order valence-corrected chi connectivity index (χ1v) is 9.66. The molecule has 8 heteroatoms. The van der Waals surface area contributed by atoms with E-state index >= 15 is 0 Å². The molecule has 3 aromatic rings. The molecule has 0 bridgehead atoms. The second-order valence-electron chi connectivity index (χ2n) is 7.86. The Hall–Kier alpha value is -2.64. The van der Waals surface area contributed by atoms with Crippen molar-refractivity contribution >= 4 is 11.6 Å². The summed E-state index contributed by atoms with van der Waals surface area (Å²) in [5, 5.41) is 4.28. The van der Waals surface area contributed by atoms with Crippen molar-refractivity contribution in [2.45, 2.75) is 38.5 Å². The number of fused-ring (bicyclic) bond motifs is 1. The fourth-order valence-electron chi connectivity index (χ4n) is 4.03. The molecule has 5 nitrogen and oxygen atoms in total. The fourth-order valence-corrected chi connectivity index (χ4v) is 4.03. The van der Waals surface area contributed by atoms with Crippen molar-refractivity contribution in [3.63, 3.8) is 0 Å². The number of benzene rings is 1. The maximum absolute atomic E-state index is 14.8. The third-order valence-corrected chi connectivity index (χ3v) is 5.73. The molecule has 28 heavy (non-hydrogen) atoms. The van der Waals surface area contributed by atoms with Gasteiger partial charge in [-0.05, 0) is 31.6 Å². The van der Waals surface area contributed by atoms with Gasteiger partial charge in [0.25, 0.3) is 5.78 Å². The van der Waals surface area contributed by atoms with E-state index < -0.39 is 17.5 Å². The number of halogens is 3. The first-order chi connectivity index (χ1) is 13.5. The van der Waals surface area contributed by atoms with Crippen LogP contribution in [0.3, 0.4) is 0 Å². The lowest BCUT2D eigenvalue weighted by Gasteiger charge is -2.34. The van der Waals surface area contributed by atoms with Crippen molar-refractivity contribution in [3.8, 4) is 11.1 Å². The molecule has 2 aromatic heterocycles. The van der Waals surface area contributed by atoms with Crippen LogP contribution in [0.4, 0.5) is 19.0 Å². The molecular weight excluding hydrogens is 367 g/mol. The number of nitrogens with zero attached hydrogens (tertiary/aromatic N) is 5. The summed E-state index contributed by atoms with van der Waals surface area (Å²) in [4.78, 5) is 10.9. The highest BCUT2D eigenvalue weighted by molar-refractivity contribution is 5.81. The van der Waals surface area contributed by atoms with Gasteiger partial charge in [-0.1, -0.05) is 6.92 Å². The number of piperidine rings is 1. The van der Waals surface area contributed by atoms with Crippen molar-refractivity contribution < 1.29 is 13.2 Å². The van der Waals surface area contributed by atoms with E-state index in [1.54, 1.807) is 4.52 Å². The quantitative estimate of drug-likeness (QED) is 0.671. The maximum atomic E-state index is 14.8. The molecule has 1 saturated heterocycles. The number of anilines is 1. The van der Waals surface area contributed by atoms with Crippen LogP contribution >= 0.6 is 0 Å². The molecule has 0 unspecified atom stereocenters. The predicted octanol–water partition coefficient (Wildman–Crippen LogP) is 4.32. The second kappa shape index (κ2) is 6.46. The van der Waals surface area contributed by atoms with Crippen LogP contribution in [-0.2, 0) is 0 Å². The van der Waals surface area contributed by atoms with Crippen molar-refractivity contribution in [1.82, 2.24) is 19.6 Å². The van der Waals surface area contributed by atoms with E-state index in [1.165, 1.54) is 6.33 Å². The average molecular weight is 387 g/mol. The van der Waals surface area contributed by atoms with Crippen LogP contribution in [0.1, 0.15) is 44.2 Å². The molecule has 1 saturated carbocycles. The zero-order valence-electron chi connectivity index (χ0n) is 15.5. The molecule has 3 heterocycles. The second-order valence-corrected chi connectivity index (χ2v) is 7.86. The summed E-state index contributed by atoms with van der Waals surface area (Å²) >= 11 is 0. The smallest absolute Gasteiger partial charge is 0.254 e. The molecule has 0 atom stereocenters. The van der Waals surface area contributed by atoms with Crippen LogP contribution in [0, 0.1) is 23.4 Å². The van der Waals surface area contributed by atoms with Crippen LogP contribution in [0.5, 0.6) is 0 Å². The van der Waals surface area contributed by atoms with Crippen LogP contribution < -0.4 is 4.90 Å². The Labute approximate surface area is 160 Å². The van der Waals surface area contributed by atoms with Crippen LogP contribution in [0.2, 0.25) is 0 Å². The van der Waals surface area contributed by atoms with Gasteiger partial charge in [-0.25, -0.2) is 18.2 Å². The zero-order valence-corrected chi connectivity index (χ0v) is 15.5. The number of rotatable bonds is 3. The molecule has 2 aliphatic rings. The Morgan fingerprint density at radius 3 is 2.29 bits per heavy atom. The minimum Gasteiger partial charge on any atom is -0.356 e. The molecule has 146 valence electrons. The van der Waals surface area contributed by atoms with Crippen molar-refractivity contribution in [1.29, 1.82) is 0 Å². The van der Waals surface area contributed by atoms with E-state index in [-0.39, 0.29) is 11.5 Å². The highest BCUT2D eigenvalue weighted by Gasteiger charge is 2.35. The van der Waals surface area contributed by atoms with E-state index in [0.717, 1.165) is 50.9 Å². The highest BCUT2D eigenvalue weighted by atomic mass is 19.1. The zero-order chi connectivity index (χ0) is 19.4. The lowest BCUT2D eigenvalue weighted by molar-refractivity contribution is 0.435. The summed E-state index contributed by atoms with van der Waals surface area (Å²) in [6, 6.07) is 1.45. The Kier molecular flexibility index (Phi) is 4.03. The summed E-state index contributed by atoms with van der Waals surface area (Å²) in [5.74, 6) is -1.05. The van der Waals surface area contributed by atoms with Crippen molar-refractivity contribution in [2.24, 2.45) is 5.92 Å². The van der Waals surface area contributed by atoms with Crippen LogP contribution in [-0.4, -0.2) is 32.7 Å². The van der Waals surface area contributed by atoms with Crippen molar-refractivity contribution in [2.75, 3.05) is 18.0 Å². The largest absolute Gasteiger partial charge is 0.356 e. The highest BCUT2D eigenvalue weighted by Crippen LogP contribution is 2.48. The number of hydrogen-bond acceptors (Lipinski definition) is 4. The number of aromatic nitrogens is 4. The Balaban J connectivity index is 1.82. The topological polar surface area (TPSA) is 46.3 Å². The molecule has 0 spiro atoms. The normalized spacial score (nSPS) is 18.2. The Morgan fingerprint density at radius 1 is 0.964 bits per heavy atom. The predicted molar refractivity (Wildman–Crippen MR) is 98.7 cm³/mol. The molecule has 0 N–H and O–H groups in total. The SMILES string of the molecule is CC1CCN(c2c(-c3c(F)cc(F)cc3F)c(C3CC3)nc3ncnn23)CC1. The van der Waals surface area contributed by atoms with Gasteiger partial charge in [-0.2, -0.15) is 14.6 Å². The molecule has 1 aromatic carbocycles. The Bertz CT molecular complexity index is 1030. The van der Waals surface area contributed by atoms with Gasteiger partial charge in [0, 0.05) is 31.1 Å². The molecular formula is C20H20F3N5. The minimum absolute atomic E-state index is 0.128. The third-order valence-electron chi connectivity index (χ3n) is 5.73. The summed E-state index contributed by atoms with van der Waals surface area (Å²) < 4.78 is 44.8. The van der Waals surface area contributed by atoms with E-state index in [0.29, 0.717) is 28.8 Å². The van der Waals surface area contributed by atoms with Gasteiger partial charge < -0.3 is 4.90 Å². The number of hydrogen-bond donors (Lipinski definition) is 0. The summed E-state index contributed by atoms with van der Waals surface area (Å²) in [5.41, 5.74) is 0.769. The molecule has 1 aliphatic heterocycles. The van der Waals surface area contributed by atoms with E-state index in [1.807, 2.05) is 0 Å². The standard InChI is InChI=1S/C20H20F3N5/c1-11-4-6-27(7-5-11)19-17(16-14(22)8-13(21)9-15(16)23)18(12-2-3-12)26-20-24-10-25-28(19)20/h8-12H,2-7H2,1H3. The van der Waals surface area contributed by atoms with Gasteiger partial charge in [0.05, 0.1) is 16.8 Å². The molecule has 0 radical (unpaired) electrons. The van der Waals surface area contributed by atoms with Gasteiger partial charge in [0.15, 0.2) is 0 Å². The molecule has 1 aliphatic carbocycles. The molecule has 0 amide bonds. The fraction of sp³-hybridized carbons (Fsp3) is 0.450. The molecule has 5 rings (SSSR count). The van der Waals surface area contributed by atoms with Gasteiger partial charge in [-0.3, -0.25) is 0 Å². The van der Waals surface area contributed by atoms with E-state index in [4.69, 9.17) is 0 Å². The lowest BCUT2D eigenvalue weighted by Crippen LogP contribution is -2.35. The first-order valence-electron chi connectivity index (χ1n) is 9.66. The summed E-state index contributed by atoms with van der Waals surface area (Å²) in [7, 11) is 0. The third kappa shape index (κ3) is 2.82. The van der Waals surface area contributed by atoms with Gasteiger partial charge in [0.1, 0.15) is 29.6 Å². The van der Waals surface area contributed by atoms with Crippen molar-refractivity contribution in [3.05, 3.63) is 41.6 Å². The first kappa shape index (κ1) is 17.5. The maximum Gasteiger partial charge on any atom is 0.254 e. The Morgan fingerprint density at radius 2 is 1.64 bits per heavy atom. The van der Waals surface area contributed by atoms with E-state index in [9.17, 15) is 13.2 Å². The minimum atomic E-state index is -0.935. The molecule has 2 fully saturated rings. The van der Waals surface area contributed by atoms with Crippen LogP contribution in [0.15, 0.2) is 18.5 Å². The lowest BCUT2D eigenvalue weighted by atomic mass is 9.96. The van der Waals surface area contributed by atoms with Crippen LogP contribution in [0.25, 0.3) is 16.9 Å². The average Bonchev–Trinajstić information content (AvgIpc) is 3.39. The van der Waals surface area contributed by atoms with Gasteiger partial charge in [0.2, 0.25) is 0 Å². The summed E-state index contributed by atoms with van der Waals surface area (Å²) in [6.45, 7) is 3.70. The summed E-state index contributed by atoms with van der Waals surface area (Å²) in [6.07, 6.45) is 5.17. The van der Waals surface area contributed by atoms with Gasteiger partial charge in [-0.15, -0.1) is 0 Å². The van der Waals surface area contributed by atoms with E-state index in [2.05, 4.69) is 26.9 Å². The monoisotopic (exact) mass is 387 g/mol. The van der Waals surface area contributed by atoms with Gasteiger partial charge >= 0.3 is 0 Å².